The van der Waals surface area contributed by atoms with Crippen LogP contribution in [0.3, 0.4) is 0 Å². The zero-order valence-corrected chi connectivity index (χ0v) is 12.7. The lowest BCUT2D eigenvalue weighted by Gasteiger charge is -2.13. The van der Waals surface area contributed by atoms with E-state index in [4.69, 9.17) is 19.9 Å². The number of rotatable bonds is 4. The number of aromatic nitrogens is 2. The number of benzene rings is 1. The number of nitrogen functional groups attached to an aromatic ring is 1. The smallest absolute Gasteiger partial charge is 0.361 e. The van der Waals surface area contributed by atoms with Crippen LogP contribution in [0, 0.1) is 0 Å². The number of carbonyl (C=O) groups excluding carboxylic acids is 2. The molecule has 3 N–H and O–H groups in total. The highest BCUT2D eigenvalue weighted by Gasteiger charge is 2.22. The first-order valence-corrected chi connectivity index (χ1v) is 7.02. The van der Waals surface area contributed by atoms with Crippen LogP contribution < -0.4 is 20.5 Å². The molecule has 2 heterocycles. The molecule has 1 aromatic carbocycles. The molecule has 24 heavy (non-hydrogen) atoms. The SMILES string of the molecule is CC(OC(=O)c1nccnc1N)C(=O)Nc1ccc2c(c1)OCO2. The number of ether oxygens (including phenoxy) is 3. The number of hydrogen-bond donors (Lipinski definition) is 2. The molecule has 1 atom stereocenters. The van der Waals surface area contributed by atoms with Gasteiger partial charge in [-0.25, -0.2) is 14.8 Å². The highest BCUT2D eigenvalue weighted by atomic mass is 16.7. The van der Waals surface area contributed by atoms with Gasteiger partial charge in [0.1, 0.15) is 0 Å². The first kappa shape index (κ1) is 15.5. The maximum absolute atomic E-state index is 12.1. The molecule has 0 aliphatic carbocycles. The number of fused-ring (bicyclic) bond motifs is 1. The van der Waals surface area contributed by atoms with Crippen LogP contribution in [0.2, 0.25) is 0 Å². The zero-order valence-electron chi connectivity index (χ0n) is 12.7. The summed E-state index contributed by atoms with van der Waals surface area (Å²) in [7, 11) is 0. The predicted octanol–water partition coefficient (Wildman–Crippen LogP) is 0.971. The van der Waals surface area contributed by atoms with Gasteiger partial charge in [-0.15, -0.1) is 0 Å². The average Bonchev–Trinajstić information content (AvgIpc) is 3.02. The van der Waals surface area contributed by atoms with Crippen LogP contribution in [0.25, 0.3) is 0 Å². The molecule has 1 amide bonds. The number of anilines is 2. The molecular weight excluding hydrogens is 316 g/mol. The monoisotopic (exact) mass is 330 g/mol. The molecule has 1 aliphatic rings. The quantitative estimate of drug-likeness (QED) is 0.794. The Hall–Kier alpha value is -3.36. The molecule has 9 nitrogen and oxygen atoms in total. The summed E-state index contributed by atoms with van der Waals surface area (Å²) in [6.07, 6.45) is 1.61. The van der Waals surface area contributed by atoms with Gasteiger partial charge < -0.3 is 25.3 Å². The Morgan fingerprint density at radius 1 is 1.25 bits per heavy atom. The van der Waals surface area contributed by atoms with Crippen molar-refractivity contribution in [3.8, 4) is 11.5 Å². The Morgan fingerprint density at radius 2 is 2.00 bits per heavy atom. The second kappa shape index (κ2) is 6.41. The summed E-state index contributed by atoms with van der Waals surface area (Å²) in [6, 6.07) is 4.95. The largest absolute Gasteiger partial charge is 0.454 e. The first-order valence-electron chi connectivity index (χ1n) is 7.02. The van der Waals surface area contributed by atoms with Crippen molar-refractivity contribution in [2.75, 3.05) is 17.8 Å². The Kier molecular flexibility index (Phi) is 4.15. The van der Waals surface area contributed by atoms with Crippen molar-refractivity contribution >= 4 is 23.4 Å². The van der Waals surface area contributed by atoms with Crippen LogP contribution in [-0.2, 0) is 9.53 Å². The van der Waals surface area contributed by atoms with Gasteiger partial charge in [-0.2, -0.15) is 0 Å². The van der Waals surface area contributed by atoms with Gasteiger partial charge in [-0.1, -0.05) is 0 Å². The summed E-state index contributed by atoms with van der Waals surface area (Å²) in [4.78, 5) is 31.6. The number of nitrogens with one attached hydrogen (secondary N) is 1. The fraction of sp³-hybridized carbons (Fsp3) is 0.200. The van der Waals surface area contributed by atoms with E-state index in [1.807, 2.05) is 0 Å². The van der Waals surface area contributed by atoms with Gasteiger partial charge in [0.05, 0.1) is 0 Å². The van der Waals surface area contributed by atoms with E-state index in [1.54, 1.807) is 18.2 Å². The van der Waals surface area contributed by atoms with Gasteiger partial charge in [0.15, 0.2) is 29.1 Å². The molecule has 0 fully saturated rings. The number of carbonyl (C=O) groups is 2. The van der Waals surface area contributed by atoms with Crippen LogP contribution >= 0.6 is 0 Å². The normalized spacial score (nSPS) is 13.2. The van der Waals surface area contributed by atoms with Gasteiger partial charge in [0.2, 0.25) is 6.79 Å². The highest BCUT2D eigenvalue weighted by molar-refractivity contribution is 5.98. The van der Waals surface area contributed by atoms with Gasteiger partial charge >= 0.3 is 5.97 Å². The van der Waals surface area contributed by atoms with Gasteiger partial charge in [0, 0.05) is 24.1 Å². The van der Waals surface area contributed by atoms with Crippen LogP contribution in [-0.4, -0.2) is 34.7 Å². The molecule has 0 saturated carbocycles. The molecule has 1 unspecified atom stereocenters. The van der Waals surface area contributed by atoms with E-state index in [2.05, 4.69) is 15.3 Å². The molecule has 1 aromatic heterocycles. The van der Waals surface area contributed by atoms with E-state index < -0.39 is 18.0 Å². The van der Waals surface area contributed by atoms with E-state index in [9.17, 15) is 9.59 Å². The van der Waals surface area contributed by atoms with Crippen molar-refractivity contribution < 1.29 is 23.8 Å². The molecule has 2 aromatic rings. The van der Waals surface area contributed by atoms with E-state index in [1.165, 1.54) is 19.3 Å². The van der Waals surface area contributed by atoms with Gasteiger partial charge in [0.25, 0.3) is 5.91 Å². The summed E-state index contributed by atoms with van der Waals surface area (Å²) < 4.78 is 15.5. The maximum atomic E-state index is 12.1. The minimum Gasteiger partial charge on any atom is -0.454 e. The van der Waals surface area contributed by atoms with Crippen molar-refractivity contribution in [2.45, 2.75) is 13.0 Å². The summed E-state index contributed by atoms with van der Waals surface area (Å²) >= 11 is 0. The topological polar surface area (TPSA) is 126 Å². The third kappa shape index (κ3) is 3.19. The fourth-order valence-electron chi connectivity index (χ4n) is 1.99. The second-order valence-corrected chi connectivity index (χ2v) is 4.90. The molecule has 0 saturated heterocycles. The number of amides is 1. The van der Waals surface area contributed by atoms with E-state index in [0.717, 1.165) is 0 Å². The van der Waals surface area contributed by atoms with Crippen molar-refractivity contribution in [3.63, 3.8) is 0 Å². The van der Waals surface area contributed by atoms with Crippen molar-refractivity contribution in [1.29, 1.82) is 0 Å². The Bertz CT molecular complexity index is 795. The molecular formula is C15H14N4O5. The van der Waals surface area contributed by atoms with Crippen LogP contribution in [0.4, 0.5) is 11.5 Å². The minimum absolute atomic E-state index is 0.0640. The summed E-state index contributed by atoms with van der Waals surface area (Å²) in [5, 5.41) is 2.62. The predicted molar refractivity (Wildman–Crippen MR) is 82.5 cm³/mol. The molecule has 0 radical (unpaired) electrons. The van der Waals surface area contributed by atoms with Crippen molar-refractivity contribution in [2.24, 2.45) is 0 Å². The molecule has 3 rings (SSSR count). The van der Waals surface area contributed by atoms with E-state index in [-0.39, 0.29) is 18.3 Å². The third-order valence-electron chi connectivity index (χ3n) is 3.21. The number of hydrogen-bond acceptors (Lipinski definition) is 8. The standard InChI is InChI=1S/C15H14N4O5/c1-8(24-15(21)12-13(16)18-5-4-17-12)14(20)19-9-2-3-10-11(6-9)23-7-22-10/h2-6,8H,7H2,1H3,(H2,16,18)(H,19,20). The number of nitrogens with zero attached hydrogens (tertiary/aromatic N) is 2. The lowest BCUT2D eigenvalue weighted by molar-refractivity contribution is -0.123. The summed E-state index contributed by atoms with van der Waals surface area (Å²) in [6.45, 7) is 1.58. The summed E-state index contributed by atoms with van der Waals surface area (Å²) in [5.74, 6) is -0.264. The number of esters is 1. The molecule has 0 bridgehead atoms. The average molecular weight is 330 g/mol. The molecule has 124 valence electrons. The zero-order chi connectivity index (χ0) is 17.1. The van der Waals surface area contributed by atoms with E-state index >= 15 is 0 Å². The maximum Gasteiger partial charge on any atom is 0.361 e. The fourth-order valence-corrected chi connectivity index (χ4v) is 1.99. The molecule has 0 spiro atoms. The molecule has 1 aliphatic heterocycles. The Morgan fingerprint density at radius 3 is 2.79 bits per heavy atom. The lowest BCUT2D eigenvalue weighted by Crippen LogP contribution is -2.30. The number of nitrogens with two attached hydrogens (primary N) is 1. The lowest BCUT2D eigenvalue weighted by atomic mass is 10.2. The summed E-state index contributed by atoms with van der Waals surface area (Å²) in [5.41, 5.74) is 5.90. The highest BCUT2D eigenvalue weighted by Crippen LogP contribution is 2.34. The molecule has 9 heteroatoms. The van der Waals surface area contributed by atoms with Crippen molar-refractivity contribution in [1.82, 2.24) is 9.97 Å². The third-order valence-corrected chi connectivity index (χ3v) is 3.21. The van der Waals surface area contributed by atoms with Crippen LogP contribution in [0.5, 0.6) is 11.5 Å². The van der Waals surface area contributed by atoms with Crippen molar-refractivity contribution in [3.05, 3.63) is 36.3 Å². The Labute approximate surface area is 136 Å². The van der Waals surface area contributed by atoms with Crippen LogP contribution in [0.1, 0.15) is 17.4 Å². The van der Waals surface area contributed by atoms with Gasteiger partial charge in [-0.3, -0.25) is 4.79 Å². The van der Waals surface area contributed by atoms with Crippen LogP contribution in [0.15, 0.2) is 30.6 Å². The van der Waals surface area contributed by atoms with E-state index in [0.29, 0.717) is 17.2 Å². The second-order valence-electron chi connectivity index (χ2n) is 4.90. The first-order chi connectivity index (χ1) is 11.5. The minimum atomic E-state index is -1.05. The Balaban J connectivity index is 1.63. The van der Waals surface area contributed by atoms with Gasteiger partial charge in [-0.05, 0) is 19.1 Å².